The van der Waals surface area contributed by atoms with Crippen LogP contribution in [0, 0.1) is 12.8 Å². The molecule has 0 saturated carbocycles. The molecule has 8 heteroatoms. The zero-order valence-corrected chi connectivity index (χ0v) is 21.0. The average molecular weight is 481 g/mol. The number of aliphatic hydroxyl groups excluding tert-OH is 2. The minimum absolute atomic E-state index is 0.0861. The summed E-state index contributed by atoms with van der Waals surface area (Å²) >= 11 is 0. The van der Waals surface area contributed by atoms with E-state index in [9.17, 15) is 15.0 Å². The Bertz CT molecular complexity index is 1150. The van der Waals surface area contributed by atoms with Crippen molar-refractivity contribution in [2.75, 3.05) is 38.3 Å². The molecule has 1 amide bonds. The topological polar surface area (TPSA) is 110 Å². The number of amides is 1. The molecule has 0 bridgehead atoms. The van der Waals surface area contributed by atoms with Crippen molar-refractivity contribution in [1.82, 2.24) is 14.9 Å². The lowest BCUT2D eigenvalue weighted by Crippen LogP contribution is -2.56. The van der Waals surface area contributed by atoms with Crippen LogP contribution < -0.4 is 4.90 Å². The number of benzene rings is 2. The molecule has 0 aliphatic carbocycles. The molecule has 1 saturated heterocycles. The third-order valence-electron chi connectivity index (χ3n) is 6.23. The first-order valence-electron chi connectivity index (χ1n) is 12.0. The van der Waals surface area contributed by atoms with Crippen molar-refractivity contribution in [2.24, 2.45) is 5.92 Å². The fraction of sp³-hybridized carbons (Fsp3) is 0.444. The fourth-order valence-corrected chi connectivity index (χ4v) is 4.31. The second-order valence-corrected chi connectivity index (χ2v) is 9.21. The summed E-state index contributed by atoms with van der Waals surface area (Å²) in [6.45, 7) is 7.76. The summed E-state index contributed by atoms with van der Waals surface area (Å²) in [5, 5.41) is 28.5. The van der Waals surface area contributed by atoms with Crippen LogP contribution in [-0.2, 0) is 4.79 Å². The van der Waals surface area contributed by atoms with Crippen LogP contribution in [-0.4, -0.2) is 75.5 Å². The summed E-state index contributed by atoms with van der Waals surface area (Å²) in [6, 6.07) is 12.8. The molecule has 4 rings (SSSR count). The molecule has 3 aromatic rings. The predicted octanol–water partition coefficient (Wildman–Crippen LogP) is 3.37. The van der Waals surface area contributed by atoms with Gasteiger partial charge in [-0.1, -0.05) is 32.0 Å². The highest BCUT2D eigenvalue weighted by Gasteiger charge is 2.31. The third kappa shape index (κ3) is 6.07. The molecule has 0 spiro atoms. The van der Waals surface area contributed by atoms with E-state index >= 15 is 0 Å². The summed E-state index contributed by atoms with van der Waals surface area (Å²) in [5.74, 6) is 1.89. The Morgan fingerprint density at radius 3 is 2.54 bits per heavy atom. The maximum atomic E-state index is 12.7. The number of phenols is 1. The number of carbonyl (C=O) groups is 1. The van der Waals surface area contributed by atoms with E-state index < -0.39 is 0 Å². The van der Waals surface area contributed by atoms with E-state index in [0.29, 0.717) is 49.2 Å². The monoisotopic (exact) mass is 480 g/mol. The molecule has 3 N–H and O–H groups in total. The van der Waals surface area contributed by atoms with Gasteiger partial charge in [-0.2, -0.15) is 0 Å². The van der Waals surface area contributed by atoms with E-state index in [-0.39, 0.29) is 24.3 Å². The minimum atomic E-state index is -0.265. The van der Waals surface area contributed by atoms with E-state index in [0.717, 1.165) is 30.0 Å². The molecule has 1 aromatic heterocycles. The molecule has 2 heterocycles. The number of aryl methyl sites for hydroxylation is 1. The predicted molar refractivity (Wildman–Crippen MR) is 138 cm³/mol. The van der Waals surface area contributed by atoms with Gasteiger partial charge < -0.3 is 25.1 Å². The Morgan fingerprint density at radius 2 is 1.86 bits per heavy atom. The van der Waals surface area contributed by atoms with Gasteiger partial charge in [0, 0.05) is 38.6 Å². The van der Waals surface area contributed by atoms with Gasteiger partial charge in [0.15, 0.2) is 5.82 Å². The number of hydrogen-bond donors (Lipinski definition) is 3. The summed E-state index contributed by atoms with van der Waals surface area (Å²) in [7, 11) is 1.00. The van der Waals surface area contributed by atoms with Gasteiger partial charge in [0.1, 0.15) is 11.6 Å². The Balaban J connectivity index is 0.00000167. The normalized spacial score (nSPS) is 15.8. The van der Waals surface area contributed by atoms with Gasteiger partial charge in [-0.05, 0) is 49.1 Å². The second kappa shape index (κ2) is 12.0. The lowest BCUT2D eigenvalue weighted by Gasteiger charge is -2.42. The summed E-state index contributed by atoms with van der Waals surface area (Å²) in [5.41, 5.74) is 2.42. The Labute approximate surface area is 206 Å². The van der Waals surface area contributed by atoms with Crippen molar-refractivity contribution in [3.05, 3.63) is 48.0 Å². The van der Waals surface area contributed by atoms with Crippen molar-refractivity contribution in [1.29, 1.82) is 0 Å². The highest BCUT2D eigenvalue weighted by atomic mass is 16.3. The number of fused-ring (bicyclic) bond motifs is 1. The summed E-state index contributed by atoms with van der Waals surface area (Å²) < 4.78 is 0. The number of hydrogen-bond acceptors (Lipinski definition) is 7. The number of nitrogens with zero attached hydrogens (tertiary/aromatic N) is 4. The molecule has 2 aromatic carbocycles. The van der Waals surface area contributed by atoms with Crippen molar-refractivity contribution < 1.29 is 20.1 Å². The molecule has 1 aliphatic rings. The molecule has 1 aliphatic heterocycles. The van der Waals surface area contributed by atoms with Crippen LogP contribution in [0.2, 0.25) is 0 Å². The van der Waals surface area contributed by atoms with Crippen molar-refractivity contribution in [2.45, 2.75) is 39.7 Å². The van der Waals surface area contributed by atoms with E-state index in [1.54, 1.807) is 18.2 Å². The smallest absolute Gasteiger partial charge is 0.222 e. The largest absolute Gasteiger partial charge is 0.507 e. The zero-order chi connectivity index (χ0) is 25.5. The first-order valence-corrected chi connectivity index (χ1v) is 12.0. The van der Waals surface area contributed by atoms with Crippen molar-refractivity contribution in [3.8, 4) is 17.1 Å². The number of phenolic OH excluding ortho intramolecular Hbond substituents is 1. The number of aliphatic hydroxyl groups is 2. The van der Waals surface area contributed by atoms with Crippen LogP contribution in [0.15, 0.2) is 42.5 Å². The number of aromatic hydroxyl groups is 1. The Kier molecular flexibility index (Phi) is 9.01. The average Bonchev–Trinajstić information content (AvgIpc) is 2.87. The van der Waals surface area contributed by atoms with E-state index in [2.05, 4.69) is 18.7 Å². The van der Waals surface area contributed by atoms with Gasteiger partial charge in [0.05, 0.1) is 23.7 Å². The Morgan fingerprint density at radius 1 is 1.11 bits per heavy atom. The molecule has 1 fully saturated rings. The maximum absolute atomic E-state index is 12.7. The first kappa shape index (κ1) is 26.4. The van der Waals surface area contributed by atoms with Crippen LogP contribution in [0.3, 0.4) is 0 Å². The van der Waals surface area contributed by atoms with E-state index in [1.165, 1.54) is 0 Å². The van der Waals surface area contributed by atoms with Gasteiger partial charge in [-0.15, -0.1) is 0 Å². The third-order valence-corrected chi connectivity index (χ3v) is 6.23. The van der Waals surface area contributed by atoms with Crippen LogP contribution in [0.5, 0.6) is 5.75 Å². The molecular formula is C27H36N4O4. The van der Waals surface area contributed by atoms with Crippen molar-refractivity contribution in [3.63, 3.8) is 0 Å². The molecule has 1 atom stereocenters. The SMILES string of the molecule is CO.Cc1ccc2c(N3CCN(C(=O)CCC(C)C)CC3CO)nc(-c3ccccc3O)nc2c1. The fourth-order valence-electron chi connectivity index (χ4n) is 4.31. The van der Waals surface area contributed by atoms with Crippen molar-refractivity contribution >= 4 is 22.6 Å². The minimum Gasteiger partial charge on any atom is -0.507 e. The number of carbonyl (C=O) groups excluding carboxylic acids is 1. The van der Waals surface area contributed by atoms with E-state index in [4.69, 9.17) is 15.1 Å². The maximum Gasteiger partial charge on any atom is 0.222 e. The lowest BCUT2D eigenvalue weighted by atomic mass is 10.1. The van der Waals surface area contributed by atoms with Crippen LogP contribution in [0.1, 0.15) is 32.3 Å². The number of anilines is 1. The lowest BCUT2D eigenvalue weighted by molar-refractivity contribution is -0.132. The van der Waals surface area contributed by atoms with Crippen LogP contribution in [0.25, 0.3) is 22.3 Å². The van der Waals surface area contributed by atoms with E-state index in [1.807, 2.05) is 36.1 Å². The Hall–Kier alpha value is -3.23. The number of rotatable bonds is 6. The number of piperazine rings is 1. The highest BCUT2D eigenvalue weighted by Crippen LogP contribution is 2.33. The summed E-state index contributed by atoms with van der Waals surface area (Å²) in [4.78, 5) is 26.2. The molecule has 0 radical (unpaired) electrons. The quantitative estimate of drug-likeness (QED) is 0.496. The molecular weight excluding hydrogens is 444 g/mol. The van der Waals surface area contributed by atoms with Gasteiger partial charge >= 0.3 is 0 Å². The molecule has 8 nitrogen and oxygen atoms in total. The standard InChI is InChI=1S/C26H32N4O3.CH4O/c1-17(2)8-11-24(33)29-12-13-30(19(15-29)16-31)26-20-10-9-18(3)14-22(20)27-25(28-26)21-6-4-5-7-23(21)32;1-2/h4-7,9-10,14,17,19,31-32H,8,11-13,15-16H2,1-3H3;2H,1H3. The van der Waals surface area contributed by atoms with Gasteiger partial charge in [0.2, 0.25) is 5.91 Å². The number of aromatic nitrogens is 2. The van der Waals surface area contributed by atoms with Gasteiger partial charge in [-0.25, -0.2) is 9.97 Å². The van der Waals surface area contributed by atoms with Gasteiger partial charge in [-0.3, -0.25) is 4.79 Å². The summed E-state index contributed by atoms with van der Waals surface area (Å²) in [6.07, 6.45) is 1.39. The van der Waals surface area contributed by atoms with Crippen LogP contribution >= 0.6 is 0 Å². The second-order valence-electron chi connectivity index (χ2n) is 9.21. The number of para-hydroxylation sites is 1. The molecule has 1 unspecified atom stereocenters. The molecule has 35 heavy (non-hydrogen) atoms. The highest BCUT2D eigenvalue weighted by molar-refractivity contribution is 5.92. The van der Waals surface area contributed by atoms with Gasteiger partial charge in [0.25, 0.3) is 0 Å². The molecule has 188 valence electrons. The first-order chi connectivity index (χ1) is 16.9. The van der Waals surface area contributed by atoms with Crippen LogP contribution in [0.4, 0.5) is 5.82 Å². The zero-order valence-electron chi connectivity index (χ0n) is 21.0.